The smallest absolute Gasteiger partial charge is 0.158 e. The number of pyridine rings is 1. The summed E-state index contributed by atoms with van der Waals surface area (Å²) in [5.74, 6) is 2.22. The van der Waals surface area contributed by atoms with E-state index in [1.165, 1.54) is 0 Å². The number of fused-ring (bicyclic) bond motifs is 1. The molecule has 5 aromatic rings. The van der Waals surface area contributed by atoms with Crippen LogP contribution in [0.2, 0.25) is 0 Å². The molecule has 0 atom stereocenters. The highest BCUT2D eigenvalue weighted by Gasteiger charge is 2.11. The summed E-state index contributed by atoms with van der Waals surface area (Å²) in [7, 11) is 0. The van der Waals surface area contributed by atoms with Crippen molar-refractivity contribution in [3.05, 3.63) is 102 Å². The van der Waals surface area contributed by atoms with Crippen molar-refractivity contribution in [2.45, 2.75) is 27.0 Å². The number of rotatable bonds is 7. The number of hydrogen-bond acceptors (Lipinski definition) is 6. The monoisotopic (exact) mass is 451 g/mol. The molecule has 5 rings (SSSR count). The summed E-state index contributed by atoms with van der Waals surface area (Å²) in [4.78, 5) is 13.2. The lowest BCUT2D eigenvalue weighted by atomic mass is 10.1. The zero-order valence-electron chi connectivity index (χ0n) is 19.1. The first-order chi connectivity index (χ1) is 16.6. The number of nitrogens with one attached hydrogen (secondary N) is 1. The van der Waals surface area contributed by atoms with E-state index in [9.17, 15) is 5.11 Å². The van der Waals surface area contributed by atoms with E-state index < -0.39 is 0 Å². The number of ether oxygens (including phenoxy) is 1. The van der Waals surface area contributed by atoms with Crippen LogP contribution >= 0.6 is 0 Å². The highest BCUT2D eigenvalue weighted by molar-refractivity contribution is 5.88. The Labute approximate surface area is 197 Å². The molecule has 0 saturated carbocycles. The maximum atomic E-state index is 9.28. The van der Waals surface area contributed by atoms with Crippen LogP contribution in [-0.2, 0) is 13.2 Å². The molecule has 0 radical (unpaired) electrons. The number of aliphatic hydroxyl groups excluding tert-OH is 1. The molecule has 2 aromatic carbocycles. The lowest BCUT2D eigenvalue weighted by molar-refractivity contribution is 0.282. The van der Waals surface area contributed by atoms with Crippen molar-refractivity contribution in [2.24, 2.45) is 0 Å². The van der Waals surface area contributed by atoms with Crippen LogP contribution in [0.4, 0.5) is 11.5 Å². The third-order valence-electron chi connectivity index (χ3n) is 5.66. The predicted octanol–water partition coefficient (Wildman–Crippen LogP) is 5.52. The first-order valence-electron chi connectivity index (χ1n) is 11.1. The van der Waals surface area contributed by atoms with Gasteiger partial charge in [-0.1, -0.05) is 24.3 Å². The van der Waals surface area contributed by atoms with Gasteiger partial charge in [0.15, 0.2) is 5.82 Å². The fourth-order valence-corrected chi connectivity index (χ4v) is 3.82. The van der Waals surface area contributed by atoms with E-state index in [0.29, 0.717) is 12.3 Å². The molecule has 0 aliphatic carbocycles. The molecule has 0 aliphatic heterocycles. The van der Waals surface area contributed by atoms with Crippen molar-refractivity contribution >= 4 is 22.5 Å². The Morgan fingerprint density at radius 2 is 1.74 bits per heavy atom. The third-order valence-corrected chi connectivity index (χ3v) is 5.66. The molecule has 0 unspecified atom stereocenters. The second-order valence-corrected chi connectivity index (χ2v) is 8.22. The largest absolute Gasteiger partial charge is 0.455 e. The Balaban J connectivity index is 1.39. The van der Waals surface area contributed by atoms with Gasteiger partial charge in [0, 0.05) is 24.1 Å². The van der Waals surface area contributed by atoms with Crippen molar-refractivity contribution in [1.29, 1.82) is 0 Å². The fourth-order valence-electron chi connectivity index (χ4n) is 3.82. The second kappa shape index (κ2) is 9.33. The highest BCUT2D eigenvalue weighted by atomic mass is 16.5. The molecule has 2 N–H and O–H groups in total. The highest BCUT2D eigenvalue weighted by Crippen LogP contribution is 2.30. The van der Waals surface area contributed by atoms with Crippen LogP contribution in [0.1, 0.15) is 22.4 Å². The second-order valence-electron chi connectivity index (χ2n) is 8.22. The van der Waals surface area contributed by atoms with Gasteiger partial charge in [0.25, 0.3) is 0 Å². The van der Waals surface area contributed by atoms with E-state index in [1.54, 1.807) is 12.5 Å². The topological polar surface area (TPSA) is 85.1 Å². The molecule has 7 nitrogen and oxygen atoms in total. The van der Waals surface area contributed by atoms with Crippen LogP contribution in [0.25, 0.3) is 11.0 Å². The Bertz CT molecular complexity index is 1430. The molecule has 3 aromatic heterocycles. The summed E-state index contributed by atoms with van der Waals surface area (Å²) in [6.07, 6.45) is 5.31. The Morgan fingerprint density at radius 3 is 2.47 bits per heavy atom. The molecule has 0 amide bonds. The van der Waals surface area contributed by atoms with Gasteiger partial charge in [0.1, 0.15) is 23.3 Å². The van der Waals surface area contributed by atoms with Crippen LogP contribution < -0.4 is 10.1 Å². The molecule has 34 heavy (non-hydrogen) atoms. The number of aryl methyl sites for hydroxylation is 2. The van der Waals surface area contributed by atoms with E-state index in [1.807, 2.05) is 80.7 Å². The van der Waals surface area contributed by atoms with Gasteiger partial charge in [-0.2, -0.15) is 0 Å². The van der Waals surface area contributed by atoms with E-state index in [-0.39, 0.29) is 6.61 Å². The normalized spacial score (nSPS) is 11.0. The molecule has 170 valence electrons. The number of aliphatic hydroxyl groups is 1. The van der Waals surface area contributed by atoms with Crippen molar-refractivity contribution in [3.8, 4) is 11.5 Å². The Morgan fingerprint density at radius 1 is 0.912 bits per heavy atom. The molecule has 0 aliphatic rings. The van der Waals surface area contributed by atoms with Crippen LogP contribution in [0.15, 0.2) is 79.4 Å². The van der Waals surface area contributed by atoms with Crippen molar-refractivity contribution < 1.29 is 9.84 Å². The number of aromatic nitrogens is 4. The summed E-state index contributed by atoms with van der Waals surface area (Å²) in [6, 6.07) is 19.7. The van der Waals surface area contributed by atoms with Gasteiger partial charge in [-0.05, 0) is 66.9 Å². The minimum Gasteiger partial charge on any atom is -0.455 e. The lowest BCUT2D eigenvalue weighted by Crippen LogP contribution is -2.03. The van der Waals surface area contributed by atoms with Crippen LogP contribution in [0.5, 0.6) is 11.5 Å². The maximum Gasteiger partial charge on any atom is 0.158 e. The zero-order valence-corrected chi connectivity index (χ0v) is 19.1. The first-order valence-corrected chi connectivity index (χ1v) is 11.1. The molecular formula is C27H25N5O2. The molecule has 0 bridgehead atoms. The van der Waals surface area contributed by atoms with Crippen molar-refractivity contribution in [3.63, 3.8) is 0 Å². The molecule has 0 saturated heterocycles. The standard InChI is InChI=1S/C27H25N5O2/c1-18-13-22(8-10-25(18)34-23-9-3-19(2)28-14-23)31-27-26-24(29-17-30-27)11-12-32(26)15-20-4-6-21(16-33)7-5-20/h3-14,17,33H,15-16H2,1-2H3,(H,29,30,31). The quantitative estimate of drug-likeness (QED) is 0.339. The van der Waals surface area contributed by atoms with Gasteiger partial charge >= 0.3 is 0 Å². The van der Waals surface area contributed by atoms with Crippen LogP contribution in [0.3, 0.4) is 0 Å². The van der Waals surface area contributed by atoms with E-state index in [0.717, 1.165) is 50.7 Å². The summed E-state index contributed by atoms with van der Waals surface area (Å²) < 4.78 is 8.12. The molecule has 0 spiro atoms. The van der Waals surface area contributed by atoms with E-state index in [2.05, 4.69) is 24.8 Å². The summed E-state index contributed by atoms with van der Waals surface area (Å²) in [6.45, 7) is 4.67. The van der Waals surface area contributed by atoms with Crippen molar-refractivity contribution in [1.82, 2.24) is 19.5 Å². The van der Waals surface area contributed by atoms with Gasteiger partial charge in [-0.15, -0.1) is 0 Å². The average Bonchev–Trinajstić information content (AvgIpc) is 3.26. The van der Waals surface area contributed by atoms with Crippen LogP contribution in [0, 0.1) is 13.8 Å². The van der Waals surface area contributed by atoms with Gasteiger partial charge in [-0.3, -0.25) is 4.98 Å². The third kappa shape index (κ3) is 4.60. The number of nitrogens with zero attached hydrogens (tertiary/aromatic N) is 4. The molecular weight excluding hydrogens is 426 g/mol. The molecule has 0 fully saturated rings. The summed E-state index contributed by atoms with van der Waals surface area (Å²) in [5.41, 5.74) is 6.68. The minimum atomic E-state index is 0.0415. The predicted molar refractivity (Wildman–Crippen MR) is 133 cm³/mol. The number of hydrogen-bond donors (Lipinski definition) is 2. The zero-order chi connectivity index (χ0) is 23.5. The van der Waals surface area contributed by atoms with Crippen LogP contribution in [-0.4, -0.2) is 24.6 Å². The van der Waals surface area contributed by atoms with Crippen molar-refractivity contribution in [2.75, 3.05) is 5.32 Å². The van der Waals surface area contributed by atoms with Gasteiger partial charge in [-0.25, -0.2) is 9.97 Å². The average molecular weight is 452 g/mol. The lowest BCUT2D eigenvalue weighted by Gasteiger charge is -2.13. The summed E-state index contributed by atoms with van der Waals surface area (Å²) >= 11 is 0. The molecule has 7 heteroatoms. The fraction of sp³-hybridized carbons (Fsp3) is 0.148. The van der Waals surface area contributed by atoms with E-state index >= 15 is 0 Å². The van der Waals surface area contributed by atoms with E-state index in [4.69, 9.17) is 4.74 Å². The minimum absolute atomic E-state index is 0.0415. The number of benzene rings is 2. The van der Waals surface area contributed by atoms with Gasteiger partial charge in [0.2, 0.25) is 0 Å². The van der Waals surface area contributed by atoms with Gasteiger partial charge in [0.05, 0.1) is 18.3 Å². The summed E-state index contributed by atoms with van der Waals surface area (Å²) in [5, 5.41) is 12.7. The Hall–Kier alpha value is -4.23. The first kappa shape index (κ1) is 21.6. The van der Waals surface area contributed by atoms with Gasteiger partial charge < -0.3 is 19.7 Å². The number of anilines is 2. The SMILES string of the molecule is Cc1ccc(Oc2ccc(Nc3ncnc4ccn(Cc5ccc(CO)cc5)c34)cc2C)cn1. The maximum absolute atomic E-state index is 9.28. The Kier molecular flexibility index (Phi) is 5.93. The molecule has 3 heterocycles.